The van der Waals surface area contributed by atoms with Crippen LogP contribution in [0, 0.1) is 5.92 Å². The topological polar surface area (TPSA) is 42.0 Å². The van der Waals surface area contributed by atoms with Gasteiger partial charge in [-0.25, -0.2) is 0 Å². The van der Waals surface area contributed by atoms with Crippen LogP contribution < -0.4 is 5.32 Å². The zero-order valence-electron chi connectivity index (χ0n) is 13.6. The molecule has 22 heavy (non-hydrogen) atoms. The quantitative estimate of drug-likeness (QED) is 0.767. The molecule has 0 aliphatic heterocycles. The number of nitrogens with one attached hydrogen (secondary N) is 1. The number of aromatic nitrogens is 1. The SMILES string of the molecule is CC(C)=CCCC(C)CC(=O)Nc1cncc2ccccc12. The lowest BCUT2D eigenvalue weighted by atomic mass is 10.0. The minimum Gasteiger partial charge on any atom is -0.324 e. The number of hydrogen-bond acceptors (Lipinski definition) is 2. The monoisotopic (exact) mass is 296 g/mol. The molecule has 1 heterocycles. The van der Waals surface area contributed by atoms with E-state index in [1.165, 1.54) is 5.57 Å². The summed E-state index contributed by atoms with van der Waals surface area (Å²) in [6, 6.07) is 7.95. The molecule has 0 bridgehead atoms. The number of allylic oxidation sites excluding steroid dienone is 2. The van der Waals surface area contributed by atoms with Crippen molar-refractivity contribution in [3.63, 3.8) is 0 Å². The van der Waals surface area contributed by atoms with Gasteiger partial charge in [0.2, 0.25) is 5.91 Å². The molecule has 0 aliphatic carbocycles. The van der Waals surface area contributed by atoms with Crippen molar-refractivity contribution in [2.45, 2.75) is 40.0 Å². The Labute approximate surface area is 132 Å². The van der Waals surface area contributed by atoms with E-state index in [9.17, 15) is 4.79 Å². The second-order valence-corrected chi connectivity index (χ2v) is 6.12. The second kappa shape index (κ2) is 7.74. The van der Waals surface area contributed by atoms with Crippen LogP contribution >= 0.6 is 0 Å². The van der Waals surface area contributed by atoms with Crippen molar-refractivity contribution in [2.24, 2.45) is 5.92 Å². The molecule has 0 saturated carbocycles. The maximum Gasteiger partial charge on any atom is 0.224 e. The molecule has 0 spiro atoms. The number of amides is 1. The van der Waals surface area contributed by atoms with E-state index in [1.54, 1.807) is 6.20 Å². The van der Waals surface area contributed by atoms with E-state index < -0.39 is 0 Å². The molecule has 2 aromatic rings. The summed E-state index contributed by atoms with van der Waals surface area (Å²) in [5.41, 5.74) is 2.12. The van der Waals surface area contributed by atoms with Crippen molar-refractivity contribution in [1.82, 2.24) is 4.98 Å². The zero-order chi connectivity index (χ0) is 15.9. The Morgan fingerprint density at radius 2 is 2.05 bits per heavy atom. The summed E-state index contributed by atoms with van der Waals surface area (Å²) in [7, 11) is 0. The van der Waals surface area contributed by atoms with Gasteiger partial charge in [0.25, 0.3) is 0 Å². The zero-order valence-corrected chi connectivity index (χ0v) is 13.6. The number of benzene rings is 1. The summed E-state index contributed by atoms with van der Waals surface area (Å²) in [5.74, 6) is 0.432. The molecule has 3 nitrogen and oxygen atoms in total. The van der Waals surface area contributed by atoms with Crippen molar-refractivity contribution in [3.8, 4) is 0 Å². The molecule has 0 radical (unpaired) electrons. The van der Waals surface area contributed by atoms with Crippen molar-refractivity contribution in [1.29, 1.82) is 0 Å². The molecule has 1 unspecified atom stereocenters. The van der Waals surface area contributed by atoms with Gasteiger partial charge in [0.05, 0.1) is 11.9 Å². The molecular weight excluding hydrogens is 272 g/mol. The number of rotatable bonds is 6. The van der Waals surface area contributed by atoms with Crippen LogP contribution in [-0.4, -0.2) is 10.9 Å². The molecule has 0 saturated heterocycles. The van der Waals surface area contributed by atoms with Gasteiger partial charge in [0, 0.05) is 23.4 Å². The Balaban J connectivity index is 1.95. The third-order valence-electron chi connectivity index (χ3n) is 3.69. The van der Waals surface area contributed by atoms with Gasteiger partial charge >= 0.3 is 0 Å². The first-order chi connectivity index (χ1) is 10.6. The highest BCUT2D eigenvalue weighted by atomic mass is 16.1. The van der Waals surface area contributed by atoms with Gasteiger partial charge in [-0.3, -0.25) is 9.78 Å². The lowest BCUT2D eigenvalue weighted by molar-refractivity contribution is -0.117. The third-order valence-corrected chi connectivity index (χ3v) is 3.69. The lowest BCUT2D eigenvalue weighted by Gasteiger charge is -2.12. The minimum atomic E-state index is 0.0582. The summed E-state index contributed by atoms with van der Waals surface area (Å²) in [5, 5.41) is 5.07. The van der Waals surface area contributed by atoms with Crippen molar-refractivity contribution < 1.29 is 4.79 Å². The Hall–Kier alpha value is -2.16. The molecule has 1 aromatic carbocycles. The number of carbonyl (C=O) groups excluding carboxylic acids is 1. The van der Waals surface area contributed by atoms with E-state index in [-0.39, 0.29) is 5.91 Å². The van der Waals surface area contributed by atoms with Crippen LogP contribution in [0.25, 0.3) is 10.8 Å². The first-order valence-corrected chi connectivity index (χ1v) is 7.82. The maximum absolute atomic E-state index is 12.2. The molecule has 2 rings (SSSR count). The van der Waals surface area contributed by atoms with E-state index in [1.807, 2.05) is 30.5 Å². The predicted molar refractivity (Wildman–Crippen MR) is 92.8 cm³/mol. The molecule has 3 heteroatoms. The molecule has 1 aromatic heterocycles. The van der Waals surface area contributed by atoms with E-state index in [0.717, 1.165) is 29.3 Å². The largest absolute Gasteiger partial charge is 0.324 e. The third kappa shape index (κ3) is 4.69. The van der Waals surface area contributed by atoms with Crippen molar-refractivity contribution in [3.05, 3.63) is 48.3 Å². The number of hydrogen-bond donors (Lipinski definition) is 1. The van der Waals surface area contributed by atoms with Crippen LogP contribution in [-0.2, 0) is 4.79 Å². The van der Waals surface area contributed by atoms with Crippen LogP contribution in [0.4, 0.5) is 5.69 Å². The highest BCUT2D eigenvalue weighted by molar-refractivity contribution is 6.01. The van der Waals surface area contributed by atoms with Gasteiger partial charge in [-0.2, -0.15) is 0 Å². The van der Waals surface area contributed by atoms with Crippen LogP contribution in [0.5, 0.6) is 0 Å². The van der Waals surface area contributed by atoms with Crippen LogP contribution in [0.3, 0.4) is 0 Å². The van der Waals surface area contributed by atoms with Crippen LogP contribution in [0.2, 0.25) is 0 Å². The molecular formula is C19H24N2O. The fourth-order valence-electron chi connectivity index (χ4n) is 2.49. The Bertz CT molecular complexity index is 667. The normalized spacial score (nSPS) is 12.0. The van der Waals surface area contributed by atoms with E-state index in [4.69, 9.17) is 0 Å². The number of fused-ring (bicyclic) bond motifs is 1. The molecule has 116 valence electrons. The number of nitrogens with zero attached hydrogens (tertiary/aromatic N) is 1. The van der Waals surface area contributed by atoms with Gasteiger partial charge < -0.3 is 5.32 Å². The van der Waals surface area contributed by atoms with Crippen molar-refractivity contribution >= 4 is 22.4 Å². The van der Waals surface area contributed by atoms with Gasteiger partial charge in [-0.1, -0.05) is 42.8 Å². The molecule has 1 amide bonds. The summed E-state index contributed by atoms with van der Waals surface area (Å²) < 4.78 is 0. The average Bonchev–Trinajstić information content (AvgIpc) is 2.47. The van der Waals surface area contributed by atoms with Gasteiger partial charge in [-0.15, -0.1) is 0 Å². The van der Waals surface area contributed by atoms with Crippen LogP contribution in [0.1, 0.15) is 40.0 Å². The second-order valence-electron chi connectivity index (χ2n) is 6.12. The van der Waals surface area contributed by atoms with Crippen molar-refractivity contribution in [2.75, 3.05) is 5.32 Å². The number of anilines is 1. The highest BCUT2D eigenvalue weighted by Gasteiger charge is 2.10. The van der Waals surface area contributed by atoms with Gasteiger partial charge in [-0.05, 0) is 32.6 Å². The molecule has 1 atom stereocenters. The summed E-state index contributed by atoms with van der Waals surface area (Å²) in [4.78, 5) is 16.4. The highest BCUT2D eigenvalue weighted by Crippen LogP contribution is 2.22. The minimum absolute atomic E-state index is 0.0582. The average molecular weight is 296 g/mol. The molecule has 1 N–H and O–H groups in total. The standard InChI is InChI=1S/C19H24N2O/c1-14(2)7-6-8-15(3)11-19(22)21-18-13-20-12-16-9-4-5-10-17(16)18/h4-5,7,9-10,12-13,15H,6,8,11H2,1-3H3,(H,21,22). The summed E-state index contributed by atoms with van der Waals surface area (Å²) >= 11 is 0. The van der Waals surface area contributed by atoms with Crippen LogP contribution in [0.15, 0.2) is 48.3 Å². The van der Waals surface area contributed by atoms with Gasteiger partial charge in [0.1, 0.15) is 0 Å². The summed E-state index contributed by atoms with van der Waals surface area (Å²) in [6.07, 6.45) is 8.36. The molecule has 0 fully saturated rings. The lowest BCUT2D eigenvalue weighted by Crippen LogP contribution is -2.15. The van der Waals surface area contributed by atoms with E-state index >= 15 is 0 Å². The van der Waals surface area contributed by atoms with E-state index in [0.29, 0.717) is 12.3 Å². The smallest absolute Gasteiger partial charge is 0.224 e. The Morgan fingerprint density at radius 1 is 1.27 bits per heavy atom. The van der Waals surface area contributed by atoms with Gasteiger partial charge in [0.15, 0.2) is 0 Å². The Kier molecular flexibility index (Phi) is 5.70. The Morgan fingerprint density at radius 3 is 2.82 bits per heavy atom. The fourth-order valence-corrected chi connectivity index (χ4v) is 2.49. The predicted octanol–water partition coefficient (Wildman–Crippen LogP) is 4.95. The number of carbonyl (C=O) groups is 1. The first kappa shape index (κ1) is 16.2. The van der Waals surface area contributed by atoms with E-state index in [2.05, 4.69) is 37.1 Å². The fraction of sp³-hybridized carbons (Fsp3) is 0.368. The molecule has 0 aliphatic rings. The number of pyridine rings is 1. The first-order valence-electron chi connectivity index (χ1n) is 7.82. The maximum atomic E-state index is 12.2. The summed E-state index contributed by atoms with van der Waals surface area (Å²) in [6.45, 7) is 6.33.